The lowest BCUT2D eigenvalue weighted by atomic mass is 10.0. The van der Waals surface area contributed by atoms with Gasteiger partial charge in [0.05, 0.1) is 0 Å². The standard InChI is InChI=1S/C8H16.C8H14.C7H12.CH4/c2*1-6-4-7(2)8(3)5-6;1-6-4-3-5-7(6)2;/h6-8H,4-5H2,1-3H3;4,7-8H,5H2,1-3H3;3-4,6-7H,5H2,1-2H3;1H4. The van der Waals surface area contributed by atoms with Crippen molar-refractivity contribution >= 4 is 0 Å². The molecule has 0 aromatic carbocycles. The third-order valence-corrected chi connectivity index (χ3v) is 6.45. The van der Waals surface area contributed by atoms with Crippen LogP contribution in [0.3, 0.4) is 0 Å². The van der Waals surface area contributed by atoms with Gasteiger partial charge in [-0.3, -0.25) is 0 Å². The van der Waals surface area contributed by atoms with Gasteiger partial charge in [0.1, 0.15) is 0 Å². The quantitative estimate of drug-likeness (QED) is 0.392. The minimum Gasteiger partial charge on any atom is -0.0880 e. The Morgan fingerprint density at radius 3 is 1.42 bits per heavy atom. The number of hydrogen-bond donors (Lipinski definition) is 0. The zero-order chi connectivity index (χ0) is 17.6. The van der Waals surface area contributed by atoms with Gasteiger partial charge in [0.25, 0.3) is 0 Å². The average molecular weight is 335 g/mol. The lowest BCUT2D eigenvalue weighted by Gasteiger charge is -2.05. The van der Waals surface area contributed by atoms with Gasteiger partial charge in [-0.15, -0.1) is 0 Å². The maximum absolute atomic E-state index is 2.38. The fraction of sp³-hybridized carbons (Fsp3) is 0.833. The summed E-state index contributed by atoms with van der Waals surface area (Å²) < 4.78 is 0. The van der Waals surface area contributed by atoms with E-state index in [1.807, 2.05) is 0 Å². The summed E-state index contributed by atoms with van der Waals surface area (Å²) in [6.45, 7) is 18.5. The predicted octanol–water partition coefficient (Wildman–Crippen LogP) is 8.15. The van der Waals surface area contributed by atoms with E-state index in [1.165, 1.54) is 25.7 Å². The molecule has 0 aromatic heterocycles. The van der Waals surface area contributed by atoms with Gasteiger partial charge in [-0.1, -0.05) is 79.7 Å². The third kappa shape index (κ3) is 8.04. The first-order valence-electron chi connectivity index (χ1n) is 10.0. The molecular formula is C24H46. The summed E-state index contributed by atoms with van der Waals surface area (Å²) in [5.74, 6) is 6.44. The van der Waals surface area contributed by atoms with Crippen LogP contribution in [0.1, 0.15) is 88.5 Å². The van der Waals surface area contributed by atoms with Gasteiger partial charge >= 0.3 is 0 Å². The van der Waals surface area contributed by atoms with Crippen molar-refractivity contribution in [1.82, 2.24) is 0 Å². The van der Waals surface area contributed by atoms with Gasteiger partial charge in [-0.05, 0) is 74.0 Å². The van der Waals surface area contributed by atoms with E-state index in [0.29, 0.717) is 0 Å². The summed E-state index contributed by atoms with van der Waals surface area (Å²) >= 11 is 0. The number of hydrogen-bond acceptors (Lipinski definition) is 0. The first-order valence-corrected chi connectivity index (χ1v) is 10.0. The number of allylic oxidation sites excluding steroid dienone is 4. The Bertz CT molecular complexity index is 379. The van der Waals surface area contributed by atoms with E-state index in [2.05, 4.69) is 73.6 Å². The summed E-state index contributed by atoms with van der Waals surface area (Å²) in [4.78, 5) is 0. The van der Waals surface area contributed by atoms with Gasteiger partial charge in [0.2, 0.25) is 0 Å². The summed E-state index contributed by atoms with van der Waals surface area (Å²) in [5, 5.41) is 0. The molecule has 0 amide bonds. The Kier molecular flexibility index (Phi) is 10.9. The van der Waals surface area contributed by atoms with Crippen LogP contribution in [0.25, 0.3) is 0 Å². The van der Waals surface area contributed by atoms with Crippen LogP contribution in [-0.2, 0) is 0 Å². The molecule has 24 heavy (non-hydrogen) atoms. The van der Waals surface area contributed by atoms with Crippen molar-refractivity contribution in [3.05, 3.63) is 23.8 Å². The van der Waals surface area contributed by atoms with Gasteiger partial charge < -0.3 is 0 Å². The van der Waals surface area contributed by atoms with Crippen LogP contribution in [0.15, 0.2) is 23.8 Å². The van der Waals surface area contributed by atoms with E-state index in [4.69, 9.17) is 0 Å². The van der Waals surface area contributed by atoms with Crippen LogP contribution in [-0.4, -0.2) is 0 Å². The van der Waals surface area contributed by atoms with Crippen LogP contribution in [0.2, 0.25) is 0 Å². The maximum atomic E-state index is 2.38. The summed E-state index contributed by atoms with van der Waals surface area (Å²) in [5.41, 5.74) is 1.57. The molecule has 0 saturated heterocycles. The molecule has 0 heterocycles. The van der Waals surface area contributed by atoms with Crippen LogP contribution in [0.4, 0.5) is 0 Å². The van der Waals surface area contributed by atoms with Gasteiger partial charge in [-0.2, -0.15) is 0 Å². The van der Waals surface area contributed by atoms with Crippen molar-refractivity contribution in [2.75, 3.05) is 0 Å². The van der Waals surface area contributed by atoms with E-state index >= 15 is 0 Å². The molecule has 3 aliphatic carbocycles. The molecule has 0 N–H and O–H groups in total. The summed E-state index contributed by atoms with van der Waals surface area (Å²) in [7, 11) is 0. The zero-order valence-electron chi connectivity index (χ0n) is 17.1. The Balaban J connectivity index is 0.000000325. The van der Waals surface area contributed by atoms with Gasteiger partial charge in [0.15, 0.2) is 0 Å². The SMILES string of the molecule is C.CC1=CC(C)C(C)C1.CC1C=CCC1C.CC1CC(C)C(C)C1. The Hall–Kier alpha value is -0.520. The molecule has 1 fully saturated rings. The second-order valence-electron chi connectivity index (χ2n) is 9.08. The molecule has 0 aromatic rings. The van der Waals surface area contributed by atoms with Crippen molar-refractivity contribution in [3.63, 3.8) is 0 Å². The van der Waals surface area contributed by atoms with Crippen LogP contribution >= 0.6 is 0 Å². The highest BCUT2D eigenvalue weighted by atomic mass is 14.3. The minimum atomic E-state index is 0. The third-order valence-electron chi connectivity index (χ3n) is 6.45. The molecular weight excluding hydrogens is 288 g/mol. The highest BCUT2D eigenvalue weighted by molar-refractivity contribution is 5.09. The lowest BCUT2D eigenvalue weighted by Crippen LogP contribution is -1.96. The minimum absolute atomic E-state index is 0. The lowest BCUT2D eigenvalue weighted by molar-refractivity contribution is 0.457. The second-order valence-corrected chi connectivity index (χ2v) is 9.08. The Morgan fingerprint density at radius 2 is 1.29 bits per heavy atom. The van der Waals surface area contributed by atoms with E-state index in [0.717, 1.165) is 41.4 Å². The van der Waals surface area contributed by atoms with E-state index in [1.54, 1.807) is 5.57 Å². The van der Waals surface area contributed by atoms with Crippen LogP contribution in [0, 0.1) is 41.4 Å². The van der Waals surface area contributed by atoms with Gasteiger partial charge in [0, 0.05) is 0 Å². The fourth-order valence-electron chi connectivity index (χ4n) is 4.12. The topological polar surface area (TPSA) is 0 Å². The average Bonchev–Trinajstić information content (AvgIpc) is 3.05. The Morgan fingerprint density at radius 1 is 0.750 bits per heavy atom. The molecule has 0 nitrogen and oxygen atoms in total. The first-order chi connectivity index (χ1) is 10.7. The summed E-state index contributed by atoms with van der Waals surface area (Å²) in [6.07, 6.45) is 12.5. The first kappa shape index (κ1) is 23.5. The molecule has 142 valence electrons. The van der Waals surface area contributed by atoms with E-state index in [-0.39, 0.29) is 7.43 Å². The van der Waals surface area contributed by atoms with Crippen molar-refractivity contribution in [1.29, 1.82) is 0 Å². The molecule has 0 aliphatic heterocycles. The summed E-state index contributed by atoms with van der Waals surface area (Å²) in [6, 6.07) is 0. The highest BCUT2D eigenvalue weighted by Crippen LogP contribution is 2.34. The monoisotopic (exact) mass is 334 g/mol. The molecule has 6 unspecified atom stereocenters. The molecule has 3 aliphatic rings. The largest absolute Gasteiger partial charge is 0.0880 e. The van der Waals surface area contributed by atoms with Gasteiger partial charge in [-0.25, -0.2) is 0 Å². The smallest absolute Gasteiger partial charge is 0.0231 e. The molecule has 0 bridgehead atoms. The molecule has 6 atom stereocenters. The van der Waals surface area contributed by atoms with E-state index < -0.39 is 0 Å². The number of rotatable bonds is 0. The van der Waals surface area contributed by atoms with Crippen molar-refractivity contribution in [2.24, 2.45) is 41.4 Å². The van der Waals surface area contributed by atoms with Crippen molar-refractivity contribution in [3.8, 4) is 0 Å². The molecule has 3 rings (SSSR count). The fourth-order valence-corrected chi connectivity index (χ4v) is 4.12. The molecule has 0 spiro atoms. The Labute approximate surface area is 154 Å². The second kappa shape index (κ2) is 11.2. The highest BCUT2D eigenvalue weighted by Gasteiger charge is 2.24. The maximum Gasteiger partial charge on any atom is -0.0231 e. The predicted molar refractivity (Wildman–Crippen MR) is 112 cm³/mol. The van der Waals surface area contributed by atoms with Crippen molar-refractivity contribution in [2.45, 2.75) is 88.5 Å². The normalized spacial score (nSPS) is 40.0. The zero-order valence-corrected chi connectivity index (χ0v) is 17.1. The van der Waals surface area contributed by atoms with Crippen LogP contribution < -0.4 is 0 Å². The molecule has 0 heteroatoms. The molecule has 1 saturated carbocycles. The van der Waals surface area contributed by atoms with Crippen LogP contribution in [0.5, 0.6) is 0 Å². The molecule has 0 radical (unpaired) electrons. The van der Waals surface area contributed by atoms with Crippen molar-refractivity contribution < 1.29 is 0 Å². The van der Waals surface area contributed by atoms with E-state index in [9.17, 15) is 0 Å².